The van der Waals surface area contributed by atoms with Crippen LogP contribution in [0.1, 0.15) is 5.69 Å². The van der Waals surface area contributed by atoms with Crippen molar-refractivity contribution in [2.24, 2.45) is 0 Å². The second kappa shape index (κ2) is 1.73. The van der Waals surface area contributed by atoms with Gasteiger partial charge in [0, 0.05) is 0 Å². The molecule has 1 aromatic rings. The van der Waals surface area contributed by atoms with Gasteiger partial charge in [-0.25, -0.2) is 0 Å². The highest BCUT2D eigenvalue weighted by molar-refractivity contribution is 5.35. The van der Waals surface area contributed by atoms with Crippen molar-refractivity contribution in [3.8, 4) is 0 Å². The minimum absolute atomic E-state index is 0.458. The molecule has 0 saturated heterocycles. The monoisotopic (exact) mass is 109 g/mol. The Hall–Kier alpha value is -1.19. The highest BCUT2D eigenvalue weighted by atomic mass is 15.3. The number of rotatable bonds is 0. The van der Waals surface area contributed by atoms with Crippen molar-refractivity contribution in [1.82, 2.24) is 15.4 Å². The van der Waals surface area contributed by atoms with Crippen LogP contribution in [0.15, 0.2) is 0 Å². The molecule has 4 heteroatoms. The van der Waals surface area contributed by atoms with Crippen molar-refractivity contribution in [3.63, 3.8) is 0 Å². The molecule has 1 aromatic heterocycles. The summed E-state index contributed by atoms with van der Waals surface area (Å²) in [6.07, 6.45) is 2.45. The topological polar surface area (TPSA) is 64.7 Å². The highest BCUT2D eigenvalue weighted by Crippen LogP contribution is 1.97. The van der Waals surface area contributed by atoms with Crippen molar-refractivity contribution < 1.29 is 0 Å². The molecule has 0 atom stereocenters. The van der Waals surface area contributed by atoms with Crippen LogP contribution >= 0.6 is 0 Å². The van der Waals surface area contributed by atoms with Gasteiger partial charge in [0.05, 0.1) is 11.4 Å². The summed E-state index contributed by atoms with van der Waals surface area (Å²) in [7, 11) is 0. The van der Waals surface area contributed by atoms with Crippen LogP contribution in [0.25, 0.3) is 0 Å². The Labute approximate surface area is 46.7 Å². The summed E-state index contributed by atoms with van der Waals surface area (Å²) in [5.41, 5.74) is 6.42. The van der Waals surface area contributed by atoms with Crippen LogP contribution in [-0.4, -0.2) is 15.4 Å². The van der Waals surface area contributed by atoms with Gasteiger partial charge in [-0.3, -0.25) is 0 Å². The third-order valence-electron chi connectivity index (χ3n) is 0.800. The lowest BCUT2D eigenvalue weighted by atomic mass is 10.4. The second-order valence-corrected chi connectivity index (χ2v) is 1.40. The van der Waals surface area contributed by atoms with E-state index < -0.39 is 0 Å². The third kappa shape index (κ3) is 0.726. The normalized spacial score (nSPS) is 9.12. The zero-order valence-corrected chi connectivity index (χ0v) is 4.42. The number of anilines is 1. The van der Waals surface area contributed by atoms with Gasteiger partial charge in [0.2, 0.25) is 0 Å². The van der Waals surface area contributed by atoms with Gasteiger partial charge in [0.1, 0.15) is 6.20 Å². The molecule has 1 radical (unpaired) electrons. The van der Waals surface area contributed by atoms with Gasteiger partial charge in [-0.1, -0.05) is 0 Å². The number of aromatic nitrogens is 3. The van der Waals surface area contributed by atoms with Crippen LogP contribution in [0.2, 0.25) is 0 Å². The third-order valence-corrected chi connectivity index (χ3v) is 0.800. The summed E-state index contributed by atoms with van der Waals surface area (Å²) >= 11 is 0. The smallest absolute Gasteiger partial charge is 0.142 e. The molecule has 0 saturated carbocycles. The number of nitrogens with zero attached hydrogens (tertiary/aromatic N) is 3. The zero-order chi connectivity index (χ0) is 5.98. The molecule has 0 aliphatic heterocycles. The molecule has 41 valence electrons. The van der Waals surface area contributed by atoms with E-state index in [1.807, 2.05) is 0 Å². The molecule has 2 N–H and O–H groups in total. The Morgan fingerprint density at radius 1 is 1.62 bits per heavy atom. The van der Waals surface area contributed by atoms with Crippen molar-refractivity contribution in [1.29, 1.82) is 0 Å². The molecule has 0 aliphatic carbocycles. The van der Waals surface area contributed by atoms with E-state index in [0.717, 1.165) is 0 Å². The van der Waals surface area contributed by atoms with Gasteiger partial charge in [-0.05, 0) is 12.1 Å². The Morgan fingerprint density at radius 3 is 2.75 bits per heavy atom. The minimum Gasteiger partial charge on any atom is -0.395 e. The maximum absolute atomic E-state index is 5.30. The predicted molar refractivity (Wildman–Crippen MR) is 27.8 cm³/mol. The quantitative estimate of drug-likeness (QED) is 0.490. The summed E-state index contributed by atoms with van der Waals surface area (Å²) in [5.74, 6) is 0. The number of hydrogen-bond donors (Lipinski definition) is 1. The highest BCUT2D eigenvalue weighted by Gasteiger charge is 1.90. The zero-order valence-electron chi connectivity index (χ0n) is 4.42. The van der Waals surface area contributed by atoms with E-state index in [1.165, 1.54) is 0 Å². The Morgan fingerprint density at radius 2 is 2.38 bits per heavy atom. The van der Waals surface area contributed by atoms with Crippen LogP contribution in [0, 0.1) is 13.1 Å². The van der Waals surface area contributed by atoms with E-state index in [1.54, 1.807) is 6.92 Å². The first kappa shape index (κ1) is 4.96. The maximum Gasteiger partial charge on any atom is 0.142 e. The van der Waals surface area contributed by atoms with Crippen LogP contribution in [0.5, 0.6) is 0 Å². The van der Waals surface area contributed by atoms with Crippen LogP contribution in [0.4, 0.5) is 5.69 Å². The molecule has 1 rings (SSSR count). The number of nitrogen functional groups attached to an aromatic ring is 1. The maximum atomic E-state index is 5.30. The van der Waals surface area contributed by atoms with Gasteiger partial charge >= 0.3 is 0 Å². The second-order valence-electron chi connectivity index (χ2n) is 1.40. The Balaban J connectivity index is 3.13. The summed E-state index contributed by atoms with van der Waals surface area (Å²) in [5, 5.41) is 10.2. The van der Waals surface area contributed by atoms with E-state index in [4.69, 9.17) is 5.73 Å². The molecule has 0 unspecified atom stereocenters. The largest absolute Gasteiger partial charge is 0.395 e. The van der Waals surface area contributed by atoms with Gasteiger partial charge < -0.3 is 5.73 Å². The fraction of sp³-hybridized carbons (Fsp3) is 0.250. The van der Waals surface area contributed by atoms with Crippen LogP contribution in [0.3, 0.4) is 0 Å². The number of aryl methyl sites for hydroxylation is 1. The number of hydrogen-bond acceptors (Lipinski definition) is 4. The van der Waals surface area contributed by atoms with E-state index in [9.17, 15) is 0 Å². The molecule has 8 heavy (non-hydrogen) atoms. The number of nitrogens with two attached hydrogens (primary N) is 1. The fourth-order valence-electron chi connectivity index (χ4n) is 0.300. The first-order valence-corrected chi connectivity index (χ1v) is 2.14. The standard InChI is InChI=1S/C4H5N4/c1-3-4(5)2-6-8-7-3/h1H3,(H2,5,8). The average molecular weight is 109 g/mol. The van der Waals surface area contributed by atoms with Gasteiger partial charge in [-0.15, -0.1) is 10.2 Å². The van der Waals surface area contributed by atoms with Crippen molar-refractivity contribution in [2.45, 2.75) is 6.92 Å². The van der Waals surface area contributed by atoms with Crippen molar-refractivity contribution in [3.05, 3.63) is 11.9 Å². The van der Waals surface area contributed by atoms with Crippen LogP contribution < -0.4 is 5.73 Å². The minimum atomic E-state index is 0.458. The SMILES string of the molecule is Cc1nnn[c]c1N. The van der Waals surface area contributed by atoms with Crippen molar-refractivity contribution in [2.75, 3.05) is 5.73 Å². The molecule has 0 amide bonds. The van der Waals surface area contributed by atoms with Gasteiger partial charge in [-0.2, -0.15) is 0 Å². The summed E-state index contributed by atoms with van der Waals surface area (Å²) in [4.78, 5) is 0. The summed E-state index contributed by atoms with van der Waals surface area (Å²) in [6, 6.07) is 0. The van der Waals surface area contributed by atoms with E-state index in [0.29, 0.717) is 11.4 Å². The summed E-state index contributed by atoms with van der Waals surface area (Å²) in [6.45, 7) is 1.75. The summed E-state index contributed by atoms with van der Waals surface area (Å²) < 4.78 is 0. The predicted octanol–water partition coefficient (Wildman–Crippen LogP) is -0.438. The molecule has 0 aromatic carbocycles. The lowest BCUT2D eigenvalue weighted by Gasteiger charge is -1.89. The van der Waals surface area contributed by atoms with Gasteiger partial charge in [0.15, 0.2) is 0 Å². The fourth-order valence-corrected chi connectivity index (χ4v) is 0.300. The Bertz CT molecular complexity index is 164. The molecule has 1 heterocycles. The molecule has 0 spiro atoms. The molecule has 0 bridgehead atoms. The average Bonchev–Trinajstić information content (AvgIpc) is 1.77. The molecular formula is C4H5N4. The van der Waals surface area contributed by atoms with E-state index >= 15 is 0 Å². The van der Waals surface area contributed by atoms with E-state index in [2.05, 4.69) is 21.6 Å². The lowest BCUT2D eigenvalue weighted by molar-refractivity contribution is 0.839. The van der Waals surface area contributed by atoms with E-state index in [-0.39, 0.29) is 0 Å². The first-order valence-electron chi connectivity index (χ1n) is 2.14. The molecule has 0 fully saturated rings. The Kier molecular flexibility index (Phi) is 1.07. The lowest BCUT2D eigenvalue weighted by Crippen LogP contribution is -1.96. The molecular weight excluding hydrogens is 104 g/mol. The molecule has 0 aliphatic rings. The van der Waals surface area contributed by atoms with Crippen LogP contribution in [-0.2, 0) is 0 Å². The molecule has 4 nitrogen and oxygen atoms in total. The first-order chi connectivity index (χ1) is 3.80. The van der Waals surface area contributed by atoms with Crippen molar-refractivity contribution >= 4 is 5.69 Å². The van der Waals surface area contributed by atoms with Gasteiger partial charge in [0.25, 0.3) is 0 Å².